The van der Waals surface area contributed by atoms with Crippen molar-refractivity contribution in [3.8, 4) is 11.8 Å². The van der Waals surface area contributed by atoms with Gasteiger partial charge in [-0.25, -0.2) is 13.1 Å². The highest BCUT2D eigenvalue weighted by atomic mass is 32.2. The molecular formula is C18H27N3O5S. The summed E-state index contributed by atoms with van der Waals surface area (Å²) in [6.45, 7) is 6.71. The smallest absolute Gasteiger partial charge is 0.246 e. The first-order chi connectivity index (χ1) is 13.0. The van der Waals surface area contributed by atoms with Crippen LogP contribution in [0, 0.1) is 6.92 Å². The summed E-state index contributed by atoms with van der Waals surface area (Å²) in [5.74, 6) is 0.566. The van der Waals surface area contributed by atoms with Gasteiger partial charge in [-0.2, -0.15) is 4.98 Å². The van der Waals surface area contributed by atoms with E-state index in [9.17, 15) is 8.42 Å². The van der Waals surface area contributed by atoms with Gasteiger partial charge in [0.1, 0.15) is 17.1 Å². The number of hydrogen-bond donors (Lipinski definition) is 1. The van der Waals surface area contributed by atoms with Crippen LogP contribution >= 0.6 is 0 Å². The topological polar surface area (TPSA) is 90.0 Å². The lowest BCUT2D eigenvalue weighted by Gasteiger charge is -2.35. The second kappa shape index (κ2) is 7.54. The molecule has 0 bridgehead atoms. The number of ether oxygens (including phenoxy) is 3. The van der Waals surface area contributed by atoms with Crippen LogP contribution in [0.5, 0.6) is 11.8 Å². The number of rotatable bonds is 4. The largest absolute Gasteiger partial charge is 0.476 e. The molecule has 0 unspecified atom stereocenters. The Bertz CT molecular complexity index is 786. The average Bonchev–Trinajstić information content (AvgIpc) is 3.13. The van der Waals surface area contributed by atoms with Gasteiger partial charge in [0.25, 0.3) is 0 Å². The summed E-state index contributed by atoms with van der Waals surface area (Å²) < 4.78 is 45.5. The molecule has 3 aliphatic heterocycles. The molecule has 0 amide bonds. The van der Waals surface area contributed by atoms with Crippen molar-refractivity contribution < 1.29 is 22.6 Å². The first kappa shape index (κ1) is 18.9. The maximum Gasteiger partial charge on any atom is 0.246 e. The van der Waals surface area contributed by atoms with Gasteiger partial charge >= 0.3 is 0 Å². The number of sulfonamides is 1. The van der Waals surface area contributed by atoms with Crippen molar-refractivity contribution in [1.29, 1.82) is 0 Å². The van der Waals surface area contributed by atoms with Crippen molar-refractivity contribution in [2.75, 3.05) is 46.0 Å². The summed E-state index contributed by atoms with van der Waals surface area (Å²) >= 11 is 0. The first-order valence-corrected chi connectivity index (χ1v) is 11.1. The number of aromatic nitrogens is 1. The third kappa shape index (κ3) is 4.06. The average molecular weight is 397 g/mol. The van der Waals surface area contributed by atoms with Crippen LogP contribution in [-0.2, 0) is 14.8 Å². The molecule has 1 N–H and O–H groups in total. The predicted molar refractivity (Wildman–Crippen MR) is 98.7 cm³/mol. The lowest BCUT2D eigenvalue weighted by atomic mass is 9.94. The Morgan fingerprint density at radius 2 is 2.04 bits per heavy atom. The van der Waals surface area contributed by atoms with Crippen LogP contribution in [0.4, 0.5) is 0 Å². The van der Waals surface area contributed by atoms with Gasteiger partial charge in [-0.05, 0) is 38.9 Å². The van der Waals surface area contributed by atoms with E-state index < -0.39 is 15.6 Å². The number of nitrogens with zero attached hydrogens (tertiary/aromatic N) is 2. The zero-order chi connectivity index (χ0) is 18.9. The number of nitrogens with one attached hydrogen (secondary N) is 1. The molecule has 3 aliphatic rings. The van der Waals surface area contributed by atoms with E-state index in [-0.39, 0.29) is 17.3 Å². The van der Waals surface area contributed by atoms with Crippen LogP contribution in [0.3, 0.4) is 0 Å². The summed E-state index contributed by atoms with van der Waals surface area (Å²) in [6.07, 6.45) is 3.71. The number of fused-ring (bicyclic) bond motifs is 1. The van der Waals surface area contributed by atoms with Crippen molar-refractivity contribution in [2.24, 2.45) is 0 Å². The van der Waals surface area contributed by atoms with E-state index in [1.807, 2.05) is 6.92 Å². The molecule has 4 rings (SSSR count). The summed E-state index contributed by atoms with van der Waals surface area (Å²) in [5, 5.41) is 0. The second-order valence-electron chi connectivity index (χ2n) is 7.53. The van der Waals surface area contributed by atoms with E-state index in [1.54, 1.807) is 6.07 Å². The fourth-order valence-electron chi connectivity index (χ4n) is 3.81. The molecule has 150 valence electrons. The molecule has 2 saturated heterocycles. The van der Waals surface area contributed by atoms with Gasteiger partial charge < -0.3 is 14.2 Å². The zero-order valence-electron chi connectivity index (χ0n) is 15.7. The van der Waals surface area contributed by atoms with Crippen LogP contribution in [0.15, 0.2) is 11.0 Å². The summed E-state index contributed by atoms with van der Waals surface area (Å²) in [5.41, 5.74) is 0.0677. The van der Waals surface area contributed by atoms with Crippen LogP contribution in [-0.4, -0.2) is 69.9 Å². The minimum absolute atomic E-state index is 0.0789. The normalized spacial score (nSPS) is 24.2. The van der Waals surface area contributed by atoms with E-state index >= 15 is 0 Å². The van der Waals surface area contributed by atoms with Gasteiger partial charge in [0, 0.05) is 24.9 Å². The number of aryl methyl sites for hydroxylation is 1. The third-order valence-corrected chi connectivity index (χ3v) is 6.93. The molecule has 9 heteroatoms. The highest BCUT2D eigenvalue weighted by Crippen LogP contribution is 2.36. The van der Waals surface area contributed by atoms with E-state index in [1.165, 1.54) is 12.8 Å². The number of likely N-dealkylation sites (tertiary alicyclic amines) is 1. The van der Waals surface area contributed by atoms with Gasteiger partial charge in [0.2, 0.25) is 21.8 Å². The maximum atomic E-state index is 12.7. The van der Waals surface area contributed by atoms with Crippen molar-refractivity contribution in [3.63, 3.8) is 0 Å². The standard InChI is InChI=1S/C18H27N3O5S/c1-14-12-15-17(20-16(14)25-11-8-21-6-2-3-7-21)26-18(4-9-24-10-5-18)13-19-27(15,22)23/h12,19H,2-11,13H2,1H3. The molecule has 0 aromatic carbocycles. The van der Waals surface area contributed by atoms with E-state index in [0.717, 1.165) is 19.6 Å². The van der Waals surface area contributed by atoms with E-state index in [0.29, 0.717) is 44.1 Å². The van der Waals surface area contributed by atoms with Gasteiger partial charge in [-0.1, -0.05) is 0 Å². The molecule has 1 spiro atoms. The Labute approximate surface area is 160 Å². The molecule has 27 heavy (non-hydrogen) atoms. The second-order valence-corrected chi connectivity index (χ2v) is 9.27. The quantitative estimate of drug-likeness (QED) is 0.813. The highest BCUT2D eigenvalue weighted by molar-refractivity contribution is 7.89. The molecule has 0 saturated carbocycles. The van der Waals surface area contributed by atoms with Crippen LogP contribution in [0.25, 0.3) is 0 Å². The minimum Gasteiger partial charge on any atom is -0.476 e. The summed E-state index contributed by atoms with van der Waals surface area (Å²) in [7, 11) is -3.67. The van der Waals surface area contributed by atoms with Gasteiger partial charge in [-0.3, -0.25) is 4.90 Å². The van der Waals surface area contributed by atoms with Crippen LogP contribution in [0.2, 0.25) is 0 Å². The zero-order valence-corrected chi connectivity index (χ0v) is 16.5. The lowest BCUT2D eigenvalue weighted by molar-refractivity contribution is -0.0445. The maximum absolute atomic E-state index is 12.7. The molecule has 2 fully saturated rings. The van der Waals surface area contributed by atoms with E-state index in [2.05, 4.69) is 14.6 Å². The van der Waals surface area contributed by atoms with Crippen molar-refractivity contribution in [1.82, 2.24) is 14.6 Å². The number of pyridine rings is 1. The SMILES string of the molecule is Cc1cc2c(nc1OCCN1CCCC1)OC1(CCOCC1)CNS2(=O)=O. The van der Waals surface area contributed by atoms with Crippen LogP contribution in [0.1, 0.15) is 31.2 Å². The van der Waals surface area contributed by atoms with Gasteiger partial charge in [0.05, 0.1) is 19.8 Å². The first-order valence-electron chi connectivity index (χ1n) is 9.61. The molecule has 4 heterocycles. The highest BCUT2D eigenvalue weighted by Gasteiger charge is 2.41. The monoisotopic (exact) mass is 397 g/mol. The Kier molecular flexibility index (Phi) is 5.28. The van der Waals surface area contributed by atoms with Crippen molar-refractivity contribution in [2.45, 2.75) is 43.1 Å². The van der Waals surface area contributed by atoms with Crippen LogP contribution < -0.4 is 14.2 Å². The van der Waals surface area contributed by atoms with Gasteiger partial charge in [-0.15, -0.1) is 0 Å². The third-order valence-electron chi connectivity index (χ3n) is 5.53. The minimum atomic E-state index is -3.67. The molecule has 1 aromatic rings. The predicted octanol–water partition coefficient (Wildman–Crippen LogP) is 1.08. The molecule has 8 nitrogen and oxygen atoms in total. The molecular weight excluding hydrogens is 370 g/mol. The molecule has 0 aliphatic carbocycles. The Morgan fingerprint density at radius 3 is 2.78 bits per heavy atom. The van der Waals surface area contributed by atoms with Gasteiger partial charge in [0.15, 0.2) is 0 Å². The van der Waals surface area contributed by atoms with Crippen molar-refractivity contribution in [3.05, 3.63) is 11.6 Å². The lowest BCUT2D eigenvalue weighted by Crippen LogP contribution is -2.49. The van der Waals surface area contributed by atoms with Crippen molar-refractivity contribution >= 4 is 10.0 Å². The Balaban J connectivity index is 1.57. The fraction of sp³-hybridized carbons (Fsp3) is 0.722. The Hall–Kier alpha value is -1.42. The summed E-state index contributed by atoms with van der Waals surface area (Å²) in [4.78, 5) is 6.90. The number of hydrogen-bond acceptors (Lipinski definition) is 7. The molecule has 1 aromatic heterocycles. The fourth-order valence-corrected chi connectivity index (χ4v) is 5.07. The molecule has 0 atom stereocenters. The summed E-state index contributed by atoms with van der Waals surface area (Å²) in [6, 6.07) is 1.59. The molecule has 0 radical (unpaired) electrons. The van der Waals surface area contributed by atoms with E-state index in [4.69, 9.17) is 14.2 Å². The Morgan fingerprint density at radius 1 is 1.30 bits per heavy atom.